The van der Waals surface area contributed by atoms with Gasteiger partial charge in [0.05, 0.1) is 11.9 Å². The summed E-state index contributed by atoms with van der Waals surface area (Å²) in [7, 11) is 0. The number of carboxylic acids is 1. The number of carboxylic acid groups (broad SMARTS) is 1. The molecule has 10 heteroatoms. The third kappa shape index (κ3) is 8.45. The Kier molecular flexibility index (Phi) is 9.71. The topological polar surface area (TPSA) is 120 Å². The van der Waals surface area contributed by atoms with E-state index in [2.05, 4.69) is 10.2 Å². The molecule has 162 valence electrons. The molecule has 1 aliphatic heterocycles. The van der Waals surface area contributed by atoms with Crippen molar-refractivity contribution in [2.75, 3.05) is 19.6 Å². The molecule has 0 aromatic carbocycles. The first-order chi connectivity index (χ1) is 13.0. The van der Waals surface area contributed by atoms with E-state index in [1.165, 1.54) is 19.3 Å². The van der Waals surface area contributed by atoms with Gasteiger partial charge in [0.1, 0.15) is 0 Å². The van der Waals surface area contributed by atoms with Crippen molar-refractivity contribution in [3.8, 4) is 0 Å². The average molecular weight is 408 g/mol. The van der Waals surface area contributed by atoms with Crippen LogP contribution in [0, 0.1) is 17.2 Å². The molecule has 1 saturated heterocycles. The summed E-state index contributed by atoms with van der Waals surface area (Å²) in [5.41, 5.74) is 6.12. The number of halogens is 3. The van der Waals surface area contributed by atoms with Crippen LogP contribution in [0.3, 0.4) is 0 Å². The normalized spacial score (nSPS) is 20.0. The Labute approximate surface area is 163 Å². The first-order valence-corrected chi connectivity index (χ1v) is 9.66. The van der Waals surface area contributed by atoms with Gasteiger partial charge in [0.2, 0.25) is 5.91 Å². The Morgan fingerprint density at radius 2 is 1.68 bits per heavy atom. The smallest absolute Gasteiger partial charge is 0.475 e. The maximum absolute atomic E-state index is 12.2. The second-order valence-electron chi connectivity index (χ2n) is 7.49. The van der Waals surface area contributed by atoms with Crippen molar-refractivity contribution in [3.63, 3.8) is 0 Å². The Morgan fingerprint density at radius 1 is 1.18 bits per heavy atom. The number of amidine groups is 1. The molecule has 1 aliphatic carbocycles. The molecule has 5 N–H and O–H groups in total. The summed E-state index contributed by atoms with van der Waals surface area (Å²) in [5.74, 6) is -1.17. The Morgan fingerprint density at radius 3 is 2.11 bits per heavy atom. The highest BCUT2D eigenvalue weighted by molar-refractivity contribution is 5.81. The lowest BCUT2D eigenvalue weighted by molar-refractivity contribution is -0.192. The Hall–Kier alpha value is -1.84. The molecule has 0 aromatic heterocycles. The molecule has 0 bridgehead atoms. The van der Waals surface area contributed by atoms with Gasteiger partial charge in [-0.15, -0.1) is 0 Å². The summed E-state index contributed by atoms with van der Waals surface area (Å²) >= 11 is 0. The number of amides is 1. The first-order valence-electron chi connectivity index (χ1n) is 9.66. The number of rotatable bonds is 4. The second-order valence-corrected chi connectivity index (χ2v) is 7.49. The second kappa shape index (κ2) is 11.2. The van der Waals surface area contributed by atoms with E-state index >= 15 is 0 Å². The number of nitrogens with two attached hydrogens (primary N) is 1. The highest BCUT2D eigenvalue weighted by atomic mass is 19.4. The molecular weight excluding hydrogens is 377 g/mol. The predicted molar refractivity (Wildman–Crippen MR) is 98.9 cm³/mol. The molecule has 1 atom stereocenters. The van der Waals surface area contributed by atoms with Crippen LogP contribution in [-0.4, -0.2) is 59.6 Å². The van der Waals surface area contributed by atoms with E-state index < -0.39 is 12.1 Å². The quantitative estimate of drug-likeness (QED) is 0.421. The zero-order valence-corrected chi connectivity index (χ0v) is 16.2. The molecule has 2 fully saturated rings. The van der Waals surface area contributed by atoms with Gasteiger partial charge in [0.15, 0.2) is 0 Å². The van der Waals surface area contributed by atoms with Gasteiger partial charge in [-0.2, -0.15) is 13.2 Å². The van der Waals surface area contributed by atoms with Crippen molar-refractivity contribution in [3.05, 3.63) is 0 Å². The van der Waals surface area contributed by atoms with E-state index in [-0.39, 0.29) is 11.9 Å². The minimum Gasteiger partial charge on any atom is -0.475 e. The van der Waals surface area contributed by atoms with E-state index in [4.69, 9.17) is 21.0 Å². The average Bonchev–Trinajstić information content (AvgIpc) is 2.66. The van der Waals surface area contributed by atoms with Crippen LogP contribution in [0.2, 0.25) is 0 Å². The van der Waals surface area contributed by atoms with E-state index in [9.17, 15) is 18.0 Å². The van der Waals surface area contributed by atoms with Gasteiger partial charge >= 0.3 is 12.1 Å². The van der Waals surface area contributed by atoms with E-state index in [1.807, 2.05) is 6.92 Å². The molecule has 0 aromatic rings. The number of nitrogens with zero attached hydrogens (tertiary/aromatic N) is 1. The number of aliphatic carboxylic acids is 1. The molecule has 0 radical (unpaired) electrons. The monoisotopic (exact) mass is 408 g/mol. The lowest BCUT2D eigenvalue weighted by atomic mass is 9.84. The van der Waals surface area contributed by atoms with E-state index in [0.717, 1.165) is 45.3 Å². The molecule has 28 heavy (non-hydrogen) atoms. The zero-order chi connectivity index (χ0) is 21.3. The van der Waals surface area contributed by atoms with Crippen molar-refractivity contribution < 1.29 is 27.9 Å². The number of alkyl halides is 3. The van der Waals surface area contributed by atoms with Crippen molar-refractivity contribution in [1.29, 1.82) is 5.41 Å². The summed E-state index contributed by atoms with van der Waals surface area (Å²) in [6.45, 7) is 4.45. The Bertz CT molecular complexity index is 529. The van der Waals surface area contributed by atoms with Gasteiger partial charge in [-0.3, -0.25) is 10.2 Å². The number of hydrogen-bond acceptors (Lipinski definition) is 4. The van der Waals surface area contributed by atoms with Crippen LogP contribution in [-0.2, 0) is 9.59 Å². The van der Waals surface area contributed by atoms with Crippen LogP contribution in [0.15, 0.2) is 0 Å². The van der Waals surface area contributed by atoms with Crippen LogP contribution in [0.4, 0.5) is 13.2 Å². The van der Waals surface area contributed by atoms with Gasteiger partial charge in [0.25, 0.3) is 0 Å². The minimum absolute atomic E-state index is 0.0348. The summed E-state index contributed by atoms with van der Waals surface area (Å²) in [5, 5.41) is 17.8. The maximum atomic E-state index is 12.2. The van der Waals surface area contributed by atoms with Crippen LogP contribution < -0.4 is 11.1 Å². The number of carbonyl (C=O) groups excluding carboxylic acids is 1. The van der Waals surface area contributed by atoms with Crippen molar-refractivity contribution in [1.82, 2.24) is 10.2 Å². The number of hydrogen-bond donors (Lipinski definition) is 4. The third-order valence-corrected chi connectivity index (χ3v) is 5.36. The molecule has 0 unspecified atom stereocenters. The fraction of sp³-hybridized carbons (Fsp3) is 0.833. The lowest BCUT2D eigenvalue weighted by Gasteiger charge is -2.33. The fourth-order valence-corrected chi connectivity index (χ4v) is 3.54. The third-order valence-electron chi connectivity index (χ3n) is 5.36. The largest absolute Gasteiger partial charge is 0.490 e. The summed E-state index contributed by atoms with van der Waals surface area (Å²) in [6.07, 6.45) is 2.94. The fourth-order valence-electron chi connectivity index (χ4n) is 3.54. The Balaban J connectivity index is 0.000000480. The minimum atomic E-state index is -5.08. The van der Waals surface area contributed by atoms with Crippen molar-refractivity contribution >= 4 is 17.7 Å². The predicted octanol–water partition coefficient (Wildman–Crippen LogP) is 2.35. The highest BCUT2D eigenvalue weighted by Crippen LogP contribution is 2.25. The molecule has 7 nitrogen and oxygen atoms in total. The summed E-state index contributed by atoms with van der Waals surface area (Å²) in [4.78, 5) is 23.2. The molecule has 2 rings (SSSR count). The highest BCUT2D eigenvalue weighted by Gasteiger charge is 2.38. The van der Waals surface area contributed by atoms with E-state index in [1.54, 1.807) is 0 Å². The van der Waals surface area contributed by atoms with Crippen LogP contribution in [0.25, 0.3) is 0 Å². The number of carbonyl (C=O) groups is 2. The van der Waals surface area contributed by atoms with Crippen LogP contribution in [0.5, 0.6) is 0 Å². The molecule has 1 heterocycles. The molecule has 1 amide bonds. The SMILES string of the molecule is CC(=N)N1CCC(CNC(=O)[C@@H](N)C2CCCCC2)CC1.O=C(O)C(F)(F)F. The van der Waals surface area contributed by atoms with Gasteiger partial charge in [0, 0.05) is 19.6 Å². The molecule has 1 saturated carbocycles. The van der Waals surface area contributed by atoms with Gasteiger partial charge in [-0.1, -0.05) is 19.3 Å². The number of piperidine rings is 1. The standard InChI is InChI=1S/C16H30N4O.C2HF3O2/c1-12(17)20-9-7-13(8-10-20)11-19-16(21)15(18)14-5-3-2-4-6-14;3-2(4,5)1(6)7/h13-15,17H,2-11,18H2,1H3,(H,19,21);(H,6,7)/t15-;/m0./s1. The molecular formula is C18H31F3N4O3. The van der Waals surface area contributed by atoms with Gasteiger partial charge in [-0.25, -0.2) is 4.79 Å². The lowest BCUT2D eigenvalue weighted by Crippen LogP contribution is -2.48. The van der Waals surface area contributed by atoms with Gasteiger partial charge < -0.3 is 21.1 Å². The van der Waals surface area contributed by atoms with Gasteiger partial charge in [-0.05, 0) is 44.4 Å². The van der Waals surface area contributed by atoms with Crippen molar-refractivity contribution in [2.45, 2.75) is 64.1 Å². The van der Waals surface area contributed by atoms with Crippen molar-refractivity contribution in [2.24, 2.45) is 17.6 Å². The van der Waals surface area contributed by atoms with E-state index in [0.29, 0.717) is 17.7 Å². The number of likely N-dealkylation sites (tertiary alicyclic amines) is 1. The number of nitrogens with one attached hydrogen (secondary N) is 2. The first kappa shape index (κ1) is 24.2. The molecule has 0 spiro atoms. The zero-order valence-electron chi connectivity index (χ0n) is 16.2. The summed E-state index contributed by atoms with van der Waals surface area (Å²) < 4.78 is 31.7. The maximum Gasteiger partial charge on any atom is 0.490 e. The summed E-state index contributed by atoms with van der Waals surface area (Å²) in [6, 6.07) is -0.325. The van der Waals surface area contributed by atoms with Crippen LogP contribution in [0.1, 0.15) is 51.9 Å². The molecule has 2 aliphatic rings. The van der Waals surface area contributed by atoms with Crippen LogP contribution >= 0.6 is 0 Å².